The highest BCUT2D eigenvalue weighted by Gasteiger charge is 2.38. The summed E-state index contributed by atoms with van der Waals surface area (Å²) < 4.78 is 18.4. The normalized spacial score (nSPS) is 17.2. The Morgan fingerprint density at radius 2 is 2.29 bits per heavy atom. The van der Waals surface area contributed by atoms with Crippen LogP contribution in [0, 0.1) is 22.6 Å². The summed E-state index contributed by atoms with van der Waals surface area (Å²) in [5.41, 5.74) is 0.0560. The Morgan fingerprint density at radius 1 is 1.53 bits per heavy atom. The van der Waals surface area contributed by atoms with Gasteiger partial charge in [0.05, 0.1) is 19.3 Å². The summed E-state index contributed by atoms with van der Waals surface area (Å²) in [6.45, 7) is 1.73. The minimum absolute atomic E-state index is 0.294. The molecule has 0 radical (unpaired) electrons. The second kappa shape index (κ2) is 5.01. The van der Waals surface area contributed by atoms with Crippen molar-refractivity contribution in [2.75, 3.05) is 19.8 Å². The summed E-state index contributed by atoms with van der Waals surface area (Å²) in [7, 11) is 0. The van der Waals surface area contributed by atoms with E-state index in [-0.39, 0.29) is 5.82 Å². The predicted molar refractivity (Wildman–Crippen MR) is 62.0 cm³/mol. The van der Waals surface area contributed by atoms with Gasteiger partial charge >= 0.3 is 0 Å². The standard InChI is InChI=1S/C12H12ClFN2O/c13-10-1-2-11(14)9(3-10)4-16-6-12(5-15)7-17-8-12/h1-3,16H,4,6-8H2. The van der Waals surface area contributed by atoms with Crippen LogP contribution >= 0.6 is 11.6 Å². The van der Waals surface area contributed by atoms with Crippen LogP contribution in [-0.4, -0.2) is 19.8 Å². The Hall–Kier alpha value is -1.15. The first kappa shape index (κ1) is 12.3. The van der Waals surface area contributed by atoms with Gasteiger partial charge in [0, 0.05) is 23.7 Å². The molecule has 90 valence electrons. The van der Waals surface area contributed by atoms with Gasteiger partial charge in [0.15, 0.2) is 0 Å². The van der Waals surface area contributed by atoms with Crippen molar-refractivity contribution in [3.8, 4) is 6.07 Å². The molecule has 0 aromatic heterocycles. The summed E-state index contributed by atoms with van der Waals surface area (Å²) >= 11 is 5.78. The van der Waals surface area contributed by atoms with Gasteiger partial charge in [-0.15, -0.1) is 0 Å². The van der Waals surface area contributed by atoms with Crippen LogP contribution in [0.1, 0.15) is 5.56 Å². The summed E-state index contributed by atoms with van der Waals surface area (Å²) in [5.74, 6) is -0.294. The number of hydrogen-bond donors (Lipinski definition) is 1. The average molecular weight is 255 g/mol. The van der Waals surface area contributed by atoms with E-state index in [1.165, 1.54) is 12.1 Å². The third-order valence-electron chi connectivity index (χ3n) is 2.78. The molecule has 1 aromatic carbocycles. The molecular formula is C12H12ClFN2O. The molecule has 1 aliphatic rings. The molecule has 0 saturated carbocycles. The SMILES string of the molecule is N#CC1(CNCc2cc(Cl)ccc2F)COC1. The fourth-order valence-electron chi connectivity index (χ4n) is 1.67. The highest BCUT2D eigenvalue weighted by molar-refractivity contribution is 6.30. The quantitative estimate of drug-likeness (QED) is 0.895. The van der Waals surface area contributed by atoms with Gasteiger partial charge in [-0.3, -0.25) is 0 Å². The van der Waals surface area contributed by atoms with Crippen molar-refractivity contribution in [3.05, 3.63) is 34.6 Å². The summed E-state index contributed by atoms with van der Waals surface area (Å²) in [6.07, 6.45) is 0. The zero-order chi connectivity index (χ0) is 12.3. The first-order chi connectivity index (χ1) is 8.15. The number of hydrogen-bond acceptors (Lipinski definition) is 3. The van der Waals surface area contributed by atoms with Gasteiger partial charge in [-0.1, -0.05) is 11.6 Å². The number of halogens is 2. The summed E-state index contributed by atoms with van der Waals surface area (Å²) in [6, 6.07) is 6.65. The van der Waals surface area contributed by atoms with E-state index in [1.807, 2.05) is 0 Å². The lowest BCUT2D eigenvalue weighted by atomic mass is 9.88. The number of rotatable bonds is 4. The second-order valence-electron chi connectivity index (χ2n) is 4.22. The molecular weight excluding hydrogens is 243 g/mol. The maximum Gasteiger partial charge on any atom is 0.127 e. The lowest BCUT2D eigenvalue weighted by molar-refractivity contribution is -0.0755. The van der Waals surface area contributed by atoms with Crippen LogP contribution in [0.25, 0.3) is 0 Å². The van der Waals surface area contributed by atoms with Crippen molar-refractivity contribution in [2.45, 2.75) is 6.54 Å². The van der Waals surface area contributed by atoms with Gasteiger partial charge in [0.1, 0.15) is 11.2 Å². The first-order valence-electron chi connectivity index (χ1n) is 5.29. The Bertz CT molecular complexity index is 454. The van der Waals surface area contributed by atoms with E-state index in [4.69, 9.17) is 21.6 Å². The van der Waals surface area contributed by atoms with Crippen molar-refractivity contribution in [1.82, 2.24) is 5.32 Å². The van der Waals surface area contributed by atoms with E-state index < -0.39 is 5.41 Å². The Kier molecular flexibility index (Phi) is 3.63. The van der Waals surface area contributed by atoms with Gasteiger partial charge in [-0.05, 0) is 18.2 Å². The third-order valence-corrected chi connectivity index (χ3v) is 3.02. The lowest BCUT2D eigenvalue weighted by Crippen LogP contribution is -2.48. The van der Waals surface area contributed by atoms with Crippen LogP contribution < -0.4 is 5.32 Å². The fourth-order valence-corrected chi connectivity index (χ4v) is 1.86. The average Bonchev–Trinajstić information content (AvgIpc) is 2.27. The van der Waals surface area contributed by atoms with Gasteiger partial charge in [-0.2, -0.15) is 5.26 Å². The second-order valence-corrected chi connectivity index (χ2v) is 4.66. The van der Waals surface area contributed by atoms with Crippen molar-refractivity contribution in [3.63, 3.8) is 0 Å². The van der Waals surface area contributed by atoms with E-state index in [2.05, 4.69) is 11.4 Å². The lowest BCUT2D eigenvalue weighted by Gasteiger charge is -2.35. The van der Waals surface area contributed by atoms with Gasteiger partial charge in [-0.25, -0.2) is 4.39 Å². The Morgan fingerprint density at radius 3 is 2.88 bits per heavy atom. The van der Waals surface area contributed by atoms with Gasteiger partial charge in [0.25, 0.3) is 0 Å². The van der Waals surface area contributed by atoms with E-state index in [0.717, 1.165) is 0 Å². The zero-order valence-corrected chi connectivity index (χ0v) is 9.93. The largest absolute Gasteiger partial charge is 0.378 e. The highest BCUT2D eigenvalue weighted by Crippen LogP contribution is 2.25. The van der Waals surface area contributed by atoms with Crippen molar-refractivity contribution >= 4 is 11.6 Å². The molecule has 0 aliphatic carbocycles. The minimum Gasteiger partial charge on any atom is -0.378 e. The number of nitrogens with zero attached hydrogens (tertiary/aromatic N) is 1. The molecule has 1 saturated heterocycles. The maximum absolute atomic E-state index is 13.4. The maximum atomic E-state index is 13.4. The Balaban J connectivity index is 1.90. The van der Waals surface area contributed by atoms with Crippen LogP contribution in [0.4, 0.5) is 4.39 Å². The molecule has 3 nitrogen and oxygen atoms in total. The van der Waals surface area contributed by atoms with Crippen LogP contribution in [0.3, 0.4) is 0 Å². The Labute approximate surface area is 104 Å². The minimum atomic E-state index is -0.449. The predicted octanol–water partition coefficient (Wildman–Crippen LogP) is 2.11. The topological polar surface area (TPSA) is 45.0 Å². The zero-order valence-electron chi connectivity index (χ0n) is 9.17. The monoisotopic (exact) mass is 254 g/mol. The fraction of sp³-hybridized carbons (Fsp3) is 0.417. The molecule has 1 heterocycles. The number of ether oxygens (including phenoxy) is 1. The van der Waals surface area contributed by atoms with Crippen molar-refractivity contribution < 1.29 is 9.13 Å². The molecule has 0 unspecified atom stereocenters. The van der Waals surface area contributed by atoms with Crippen molar-refractivity contribution in [2.24, 2.45) is 5.41 Å². The van der Waals surface area contributed by atoms with Crippen LogP contribution in [0.2, 0.25) is 5.02 Å². The number of nitriles is 1. The summed E-state index contributed by atoms with van der Waals surface area (Å²) in [5, 5.41) is 12.5. The molecule has 0 spiro atoms. The van der Waals surface area contributed by atoms with Crippen LogP contribution in [0.15, 0.2) is 18.2 Å². The molecule has 1 aliphatic heterocycles. The molecule has 0 amide bonds. The highest BCUT2D eigenvalue weighted by atomic mass is 35.5. The molecule has 0 bridgehead atoms. The third kappa shape index (κ3) is 2.75. The molecule has 1 N–H and O–H groups in total. The van der Waals surface area contributed by atoms with E-state index in [1.54, 1.807) is 6.07 Å². The molecule has 0 atom stereocenters. The van der Waals surface area contributed by atoms with E-state index >= 15 is 0 Å². The smallest absolute Gasteiger partial charge is 0.127 e. The number of nitrogens with one attached hydrogen (secondary N) is 1. The molecule has 17 heavy (non-hydrogen) atoms. The van der Waals surface area contributed by atoms with Gasteiger partial charge < -0.3 is 10.1 Å². The molecule has 1 fully saturated rings. The summed E-state index contributed by atoms with van der Waals surface area (Å²) in [4.78, 5) is 0. The van der Waals surface area contributed by atoms with Gasteiger partial charge in [0.2, 0.25) is 0 Å². The van der Waals surface area contributed by atoms with Crippen LogP contribution in [0.5, 0.6) is 0 Å². The van der Waals surface area contributed by atoms with Crippen molar-refractivity contribution in [1.29, 1.82) is 5.26 Å². The molecule has 5 heteroatoms. The molecule has 1 aromatic rings. The van der Waals surface area contributed by atoms with E-state index in [0.29, 0.717) is 36.9 Å². The first-order valence-corrected chi connectivity index (χ1v) is 5.67. The molecule has 2 rings (SSSR count). The van der Waals surface area contributed by atoms with Crippen LogP contribution in [-0.2, 0) is 11.3 Å². The number of benzene rings is 1. The van der Waals surface area contributed by atoms with E-state index in [9.17, 15) is 4.39 Å².